The van der Waals surface area contributed by atoms with Crippen molar-refractivity contribution < 1.29 is 9.53 Å². The van der Waals surface area contributed by atoms with E-state index < -0.39 is 0 Å². The predicted molar refractivity (Wildman–Crippen MR) is 54.8 cm³/mol. The van der Waals surface area contributed by atoms with E-state index in [1.807, 2.05) is 24.3 Å². The van der Waals surface area contributed by atoms with Crippen LogP contribution in [0.4, 0.5) is 0 Å². The summed E-state index contributed by atoms with van der Waals surface area (Å²) in [6, 6.07) is 7.67. The zero-order valence-corrected chi connectivity index (χ0v) is 8.15. The van der Waals surface area contributed by atoms with Crippen LogP contribution in [0.1, 0.15) is 11.7 Å². The van der Waals surface area contributed by atoms with Gasteiger partial charge in [0.05, 0.1) is 18.8 Å². The lowest BCUT2D eigenvalue weighted by atomic mass is 10.2. The van der Waals surface area contributed by atoms with Gasteiger partial charge in [0.2, 0.25) is 5.91 Å². The first-order chi connectivity index (χ1) is 6.74. The minimum absolute atomic E-state index is 0.00972. The van der Waals surface area contributed by atoms with Crippen molar-refractivity contribution in [2.24, 2.45) is 0 Å². The van der Waals surface area contributed by atoms with Crippen LogP contribution in [0.25, 0.3) is 10.9 Å². The molecule has 3 nitrogen and oxygen atoms in total. The molecule has 2 rings (SSSR count). The van der Waals surface area contributed by atoms with E-state index >= 15 is 0 Å². The van der Waals surface area contributed by atoms with Gasteiger partial charge in [0, 0.05) is 12.3 Å². The number of methoxy groups -OCH3 is 1. The molecule has 72 valence electrons. The number of para-hydroxylation sites is 1. The van der Waals surface area contributed by atoms with Crippen LogP contribution in [0.5, 0.6) is 5.75 Å². The second-order valence-electron chi connectivity index (χ2n) is 3.10. The number of aromatic nitrogens is 1. The SMILES string of the molecule is COc1cn(C(C)=O)c2ccccc12. The molecule has 0 amide bonds. The summed E-state index contributed by atoms with van der Waals surface area (Å²) >= 11 is 0. The van der Waals surface area contributed by atoms with Crippen molar-refractivity contribution in [1.29, 1.82) is 0 Å². The van der Waals surface area contributed by atoms with E-state index in [1.165, 1.54) is 6.92 Å². The molecule has 0 saturated heterocycles. The molecule has 0 radical (unpaired) electrons. The summed E-state index contributed by atoms with van der Waals surface area (Å²) in [6.45, 7) is 1.53. The topological polar surface area (TPSA) is 31.2 Å². The summed E-state index contributed by atoms with van der Waals surface area (Å²) in [4.78, 5) is 11.3. The third kappa shape index (κ3) is 1.18. The number of hydrogen-bond donors (Lipinski definition) is 0. The van der Waals surface area contributed by atoms with Crippen LogP contribution < -0.4 is 4.74 Å². The molecule has 0 atom stereocenters. The van der Waals surface area contributed by atoms with E-state index in [0.717, 1.165) is 16.7 Å². The van der Waals surface area contributed by atoms with Gasteiger partial charge in [-0.1, -0.05) is 12.1 Å². The Bertz CT molecular complexity index is 485. The normalized spacial score (nSPS) is 10.4. The number of fused-ring (bicyclic) bond motifs is 1. The van der Waals surface area contributed by atoms with Gasteiger partial charge in [-0.2, -0.15) is 0 Å². The molecule has 0 fully saturated rings. The van der Waals surface area contributed by atoms with Gasteiger partial charge in [0.25, 0.3) is 0 Å². The molecule has 14 heavy (non-hydrogen) atoms. The molecule has 1 aromatic carbocycles. The molecular formula is C11H11NO2. The maximum atomic E-state index is 11.3. The van der Waals surface area contributed by atoms with E-state index in [4.69, 9.17) is 4.74 Å². The molecule has 0 bridgehead atoms. The average Bonchev–Trinajstić information content (AvgIpc) is 2.56. The molecule has 0 spiro atoms. The summed E-state index contributed by atoms with van der Waals surface area (Å²) in [7, 11) is 1.60. The van der Waals surface area contributed by atoms with E-state index in [0.29, 0.717) is 0 Å². The van der Waals surface area contributed by atoms with Crippen molar-refractivity contribution in [3.05, 3.63) is 30.5 Å². The van der Waals surface area contributed by atoms with Crippen LogP contribution in [0.3, 0.4) is 0 Å². The minimum Gasteiger partial charge on any atom is -0.494 e. The van der Waals surface area contributed by atoms with Gasteiger partial charge in [-0.15, -0.1) is 0 Å². The Morgan fingerprint density at radius 1 is 1.36 bits per heavy atom. The summed E-state index contributed by atoms with van der Waals surface area (Å²) in [5.41, 5.74) is 0.886. The monoisotopic (exact) mass is 189 g/mol. The fraction of sp³-hybridized carbons (Fsp3) is 0.182. The zero-order chi connectivity index (χ0) is 10.1. The van der Waals surface area contributed by atoms with Gasteiger partial charge in [-0.3, -0.25) is 9.36 Å². The fourth-order valence-electron chi connectivity index (χ4n) is 1.57. The standard InChI is InChI=1S/C11H11NO2/c1-8(13)12-7-11(14-2)9-5-3-4-6-10(9)12/h3-7H,1-2H3. The first-order valence-electron chi connectivity index (χ1n) is 4.39. The Labute approximate surface area is 81.9 Å². The third-order valence-corrected chi connectivity index (χ3v) is 2.23. The molecule has 1 aromatic heterocycles. The molecular weight excluding hydrogens is 178 g/mol. The second-order valence-corrected chi connectivity index (χ2v) is 3.10. The molecule has 0 N–H and O–H groups in total. The number of ether oxygens (including phenoxy) is 1. The second kappa shape index (κ2) is 3.18. The lowest BCUT2D eigenvalue weighted by Crippen LogP contribution is -2.02. The molecule has 3 heteroatoms. The van der Waals surface area contributed by atoms with E-state index in [9.17, 15) is 4.79 Å². The zero-order valence-electron chi connectivity index (χ0n) is 8.15. The first-order valence-corrected chi connectivity index (χ1v) is 4.39. The Morgan fingerprint density at radius 3 is 2.71 bits per heavy atom. The van der Waals surface area contributed by atoms with Gasteiger partial charge in [-0.25, -0.2) is 0 Å². The number of carbonyl (C=O) groups excluding carboxylic acids is 1. The van der Waals surface area contributed by atoms with E-state index in [-0.39, 0.29) is 5.91 Å². The van der Waals surface area contributed by atoms with Crippen LogP contribution in [0, 0.1) is 0 Å². The number of hydrogen-bond acceptors (Lipinski definition) is 2. The summed E-state index contributed by atoms with van der Waals surface area (Å²) < 4.78 is 6.78. The fourth-order valence-corrected chi connectivity index (χ4v) is 1.57. The van der Waals surface area contributed by atoms with Gasteiger partial charge in [0.1, 0.15) is 5.75 Å². The largest absolute Gasteiger partial charge is 0.494 e. The predicted octanol–water partition coefficient (Wildman–Crippen LogP) is 2.31. The van der Waals surface area contributed by atoms with E-state index in [1.54, 1.807) is 17.9 Å². The summed E-state index contributed by atoms with van der Waals surface area (Å²) in [5.74, 6) is 0.723. The van der Waals surface area contributed by atoms with Gasteiger partial charge < -0.3 is 4.74 Å². The van der Waals surface area contributed by atoms with Crippen molar-refractivity contribution in [2.75, 3.05) is 7.11 Å². The Balaban J connectivity index is 2.80. The van der Waals surface area contributed by atoms with Crippen molar-refractivity contribution in [3.8, 4) is 5.75 Å². The summed E-state index contributed by atoms with van der Waals surface area (Å²) in [5, 5.41) is 0.963. The van der Waals surface area contributed by atoms with Crippen molar-refractivity contribution in [3.63, 3.8) is 0 Å². The maximum absolute atomic E-state index is 11.3. The van der Waals surface area contributed by atoms with Crippen LogP contribution >= 0.6 is 0 Å². The molecule has 2 aromatic rings. The first kappa shape index (κ1) is 8.81. The number of carbonyl (C=O) groups is 1. The lowest BCUT2D eigenvalue weighted by molar-refractivity contribution is 0.0941. The molecule has 0 aliphatic rings. The minimum atomic E-state index is -0.00972. The van der Waals surface area contributed by atoms with Gasteiger partial charge >= 0.3 is 0 Å². The van der Waals surface area contributed by atoms with Crippen molar-refractivity contribution in [1.82, 2.24) is 4.57 Å². The maximum Gasteiger partial charge on any atom is 0.228 e. The highest BCUT2D eigenvalue weighted by atomic mass is 16.5. The molecule has 0 unspecified atom stereocenters. The van der Waals surface area contributed by atoms with Crippen LogP contribution in [0.2, 0.25) is 0 Å². The van der Waals surface area contributed by atoms with Gasteiger partial charge in [-0.05, 0) is 12.1 Å². The van der Waals surface area contributed by atoms with Gasteiger partial charge in [0.15, 0.2) is 0 Å². The highest BCUT2D eigenvalue weighted by molar-refractivity contribution is 5.95. The third-order valence-electron chi connectivity index (χ3n) is 2.23. The molecule has 0 aliphatic heterocycles. The van der Waals surface area contributed by atoms with Crippen molar-refractivity contribution >= 4 is 16.8 Å². The number of rotatable bonds is 1. The van der Waals surface area contributed by atoms with Crippen LogP contribution in [0.15, 0.2) is 30.5 Å². The highest BCUT2D eigenvalue weighted by Gasteiger charge is 2.09. The molecule has 0 saturated carbocycles. The Morgan fingerprint density at radius 2 is 2.07 bits per heavy atom. The van der Waals surface area contributed by atoms with Crippen LogP contribution in [-0.4, -0.2) is 17.6 Å². The number of benzene rings is 1. The lowest BCUT2D eigenvalue weighted by Gasteiger charge is -1.96. The highest BCUT2D eigenvalue weighted by Crippen LogP contribution is 2.27. The smallest absolute Gasteiger partial charge is 0.228 e. The van der Waals surface area contributed by atoms with Crippen LogP contribution in [-0.2, 0) is 0 Å². The Hall–Kier alpha value is -1.77. The molecule has 1 heterocycles. The quantitative estimate of drug-likeness (QED) is 0.689. The van der Waals surface area contributed by atoms with Crippen molar-refractivity contribution in [2.45, 2.75) is 6.92 Å². The summed E-state index contributed by atoms with van der Waals surface area (Å²) in [6.07, 6.45) is 1.72. The average molecular weight is 189 g/mol. The molecule has 0 aliphatic carbocycles. The van der Waals surface area contributed by atoms with E-state index in [2.05, 4.69) is 0 Å². The number of nitrogens with zero attached hydrogens (tertiary/aromatic N) is 1. The Kier molecular flexibility index (Phi) is 2.00.